The van der Waals surface area contributed by atoms with Crippen LogP contribution in [0.5, 0.6) is 5.75 Å². The highest BCUT2D eigenvalue weighted by molar-refractivity contribution is 6.00. The number of hydrogen-bond acceptors (Lipinski definition) is 4. The third-order valence-corrected chi connectivity index (χ3v) is 4.58. The number of guanidine groups is 1. The van der Waals surface area contributed by atoms with Crippen LogP contribution in [0.15, 0.2) is 18.2 Å². The fourth-order valence-electron chi connectivity index (χ4n) is 3.31. The van der Waals surface area contributed by atoms with E-state index in [-0.39, 0.29) is 29.8 Å². The molecule has 3 rings (SSSR count). The number of halogens is 3. The maximum Gasteiger partial charge on any atom is 0.272 e. The van der Waals surface area contributed by atoms with Crippen LogP contribution in [0.1, 0.15) is 12.0 Å². The second kappa shape index (κ2) is 6.55. The standard InChI is InChI=1S/C16H18F3N3O3/c1-22-14(23)10-4-5-24-8-16(10,21-15(22)20)11-6-9(2-3-12(11)17)25-7-13(18)19/h2-3,6,10,13H,4-5,7-8H2,1H3,(H2,20,21). The van der Waals surface area contributed by atoms with Gasteiger partial charge in [0, 0.05) is 19.2 Å². The van der Waals surface area contributed by atoms with Gasteiger partial charge in [-0.2, -0.15) is 0 Å². The van der Waals surface area contributed by atoms with Crippen LogP contribution in [0.4, 0.5) is 13.2 Å². The van der Waals surface area contributed by atoms with Crippen molar-refractivity contribution < 1.29 is 27.4 Å². The molecule has 0 radical (unpaired) electrons. The average molecular weight is 357 g/mol. The zero-order valence-corrected chi connectivity index (χ0v) is 13.5. The summed E-state index contributed by atoms with van der Waals surface area (Å²) in [6, 6.07) is 3.64. The topological polar surface area (TPSA) is 74.7 Å². The molecule has 1 aromatic carbocycles. The third kappa shape index (κ3) is 3.04. The smallest absolute Gasteiger partial charge is 0.272 e. The van der Waals surface area contributed by atoms with E-state index in [1.54, 1.807) is 0 Å². The van der Waals surface area contributed by atoms with Gasteiger partial charge in [0.05, 0.1) is 12.5 Å². The summed E-state index contributed by atoms with van der Waals surface area (Å²) in [6.07, 6.45) is -2.31. The van der Waals surface area contributed by atoms with Crippen molar-refractivity contribution in [3.05, 3.63) is 29.6 Å². The van der Waals surface area contributed by atoms with E-state index < -0.39 is 30.3 Å². The van der Waals surface area contributed by atoms with Crippen LogP contribution in [-0.4, -0.2) is 50.1 Å². The Morgan fingerprint density at radius 2 is 2.28 bits per heavy atom. The molecular formula is C16H18F3N3O3. The summed E-state index contributed by atoms with van der Waals surface area (Å²) >= 11 is 0. The molecule has 2 heterocycles. The van der Waals surface area contributed by atoms with Crippen LogP contribution in [0.25, 0.3) is 0 Å². The Balaban J connectivity index is 2.03. The Kier molecular flexibility index (Phi) is 4.59. The molecule has 1 aromatic rings. The number of carbonyl (C=O) groups excluding carboxylic acids is 1. The molecule has 1 amide bonds. The normalized spacial score (nSPS) is 26.4. The van der Waals surface area contributed by atoms with Crippen LogP contribution in [0.2, 0.25) is 0 Å². The predicted molar refractivity (Wildman–Crippen MR) is 82.1 cm³/mol. The molecule has 0 spiro atoms. The summed E-state index contributed by atoms with van der Waals surface area (Å²) in [6.45, 7) is -0.498. The van der Waals surface area contributed by atoms with E-state index in [0.29, 0.717) is 13.0 Å². The number of nitrogens with one attached hydrogen (secondary N) is 2. The van der Waals surface area contributed by atoms with Crippen LogP contribution in [-0.2, 0) is 15.1 Å². The molecule has 2 unspecified atom stereocenters. The van der Waals surface area contributed by atoms with Gasteiger partial charge < -0.3 is 14.8 Å². The van der Waals surface area contributed by atoms with Gasteiger partial charge in [-0.3, -0.25) is 15.1 Å². The highest BCUT2D eigenvalue weighted by atomic mass is 19.3. The van der Waals surface area contributed by atoms with Crippen molar-refractivity contribution in [2.75, 3.05) is 26.9 Å². The van der Waals surface area contributed by atoms with Crippen LogP contribution >= 0.6 is 0 Å². The van der Waals surface area contributed by atoms with Gasteiger partial charge in [-0.25, -0.2) is 13.2 Å². The van der Waals surface area contributed by atoms with E-state index in [2.05, 4.69) is 5.32 Å². The minimum Gasteiger partial charge on any atom is -0.488 e. The number of alkyl halides is 2. The van der Waals surface area contributed by atoms with E-state index in [9.17, 15) is 18.0 Å². The van der Waals surface area contributed by atoms with Gasteiger partial charge in [0.15, 0.2) is 5.96 Å². The maximum absolute atomic E-state index is 14.6. The first-order valence-electron chi connectivity index (χ1n) is 7.78. The maximum atomic E-state index is 14.6. The molecule has 0 saturated carbocycles. The number of amides is 1. The van der Waals surface area contributed by atoms with E-state index >= 15 is 0 Å². The van der Waals surface area contributed by atoms with E-state index in [1.807, 2.05) is 0 Å². The van der Waals surface area contributed by atoms with Crippen molar-refractivity contribution >= 4 is 11.9 Å². The highest BCUT2D eigenvalue weighted by Crippen LogP contribution is 2.41. The summed E-state index contributed by atoms with van der Waals surface area (Å²) < 4.78 is 49.7. The quantitative estimate of drug-likeness (QED) is 0.860. The zero-order chi connectivity index (χ0) is 18.2. The van der Waals surface area contributed by atoms with Gasteiger partial charge in [-0.05, 0) is 24.6 Å². The molecule has 9 heteroatoms. The van der Waals surface area contributed by atoms with Crippen molar-refractivity contribution in [1.82, 2.24) is 10.2 Å². The number of ether oxygens (including phenoxy) is 2. The number of rotatable bonds is 4. The molecule has 2 fully saturated rings. The lowest BCUT2D eigenvalue weighted by atomic mass is 9.73. The molecule has 2 aliphatic heterocycles. The summed E-state index contributed by atoms with van der Waals surface area (Å²) in [7, 11) is 1.47. The molecule has 136 valence electrons. The first-order chi connectivity index (χ1) is 11.8. The lowest BCUT2D eigenvalue weighted by Crippen LogP contribution is -2.68. The molecule has 2 atom stereocenters. The van der Waals surface area contributed by atoms with Crippen LogP contribution < -0.4 is 10.1 Å². The molecule has 25 heavy (non-hydrogen) atoms. The first kappa shape index (κ1) is 17.5. The minimum absolute atomic E-state index is 0.0190. The molecule has 2 N–H and O–H groups in total. The number of fused-ring (bicyclic) bond motifs is 1. The van der Waals surface area contributed by atoms with Gasteiger partial charge in [0.2, 0.25) is 5.91 Å². The fraction of sp³-hybridized carbons (Fsp3) is 0.500. The van der Waals surface area contributed by atoms with E-state index in [0.717, 1.165) is 6.07 Å². The van der Waals surface area contributed by atoms with Crippen molar-refractivity contribution in [2.45, 2.75) is 18.4 Å². The first-order valence-corrected chi connectivity index (χ1v) is 7.78. The zero-order valence-electron chi connectivity index (χ0n) is 13.5. The average Bonchev–Trinajstić information content (AvgIpc) is 2.59. The lowest BCUT2D eigenvalue weighted by molar-refractivity contribution is -0.143. The van der Waals surface area contributed by atoms with Gasteiger partial charge in [0.25, 0.3) is 6.43 Å². The number of nitrogens with zero attached hydrogens (tertiary/aromatic N) is 1. The highest BCUT2D eigenvalue weighted by Gasteiger charge is 2.53. The molecule has 2 aliphatic rings. The Morgan fingerprint density at radius 3 is 3.00 bits per heavy atom. The molecule has 6 nitrogen and oxygen atoms in total. The molecule has 0 aromatic heterocycles. The molecule has 0 aliphatic carbocycles. The molecule has 0 bridgehead atoms. The summed E-state index contributed by atoms with van der Waals surface area (Å²) in [4.78, 5) is 13.8. The van der Waals surface area contributed by atoms with Gasteiger partial charge in [-0.1, -0.05) is 0 Å². The summed E-state index contributed by atoms with van der Waals surface area (Å²) in [5.74, 6) is -1.69. The number of carbonyl (C=O) groups is 1. The van der Waals surface area contributed by atoms with Crippen molar-refractivity contribution in [1.29, 1.82) is 5.41 Å². The Morgan fingerprint density at radius 1 is 1.52 bits per heavy atom. The Bertz CT molecular complexity index is 700. The second-order valence-corrected chi connectivity index (χ2v) is 6.08. The summed E-state index contributed by atoms with van der Waals surface area (Å²) in [5.41, 5.74) is -1.21. The van der Waals surface area contributed by atoms with Crippen LogP contribution in [0, 0.1) is 17.1 Å². The summed E-state index contributed by atoms with van der Waals surface area (Å²) in [5, 5.41) is 10.9. The fourth-order valence-corrected chi connectivity index (χ4v) is 3.31. The van der Waals surface area contributed by atoms with Crippen LogP contribution in [0.3, 0.4) is 0 Å². The van der Waals surface area contributed by atoms with E-state index in [4.69, 9.17) is 14.9 Å². The molecule has 2 saturated heterocycles. The van der Waals surface area contributed by atoms with Crippen molar-refractivity contribution in [3.8, 4) is 5.75 Å². The number of benzene rings is 1. The second-order valence-electron chi connectivity index (χ2n) is 6.08. The predicted octanol–water partition coefficient (Wildman–Crippen LogP) is 1.70. The van der Waals surface area contributed by atoms with Gasteiger partial charge in [0.1, 0.15) is 23.7 Å². The largest absolute Gasteiger partial charge is 0.488 e. The Labute approximate surface area is 142 Å². The SMILES string of the molecule is CN1C(=N)NC2(c3cc(OCC(F)F)ccc3F)COCCC2C1=O. The van der Waals surface area contributed by atoms with Crippen molar-refractivity contribution in [3.63, 3.8) is 0 Å². The lowest BCUT2D eigenvalue weighted by Gasteiger charge is -2.49. The molecular weight excluding hydrogens is 339 g/mol. The minimum atomic E-state index is -2.66. The monoisotopic (exact) mass is 357 g/mol. The van der Waals surface area contributed by atoms with Gasteiger partial charge >= 0.3 is 0 Å². The van der Waals surface area contributed by atoms with E-state index in [1.165, 1.54) is 24.1 Å². The third-order valence-electron chi connectivity index (χ3n) is 4.58. The van der Waals surface area contributed by atoms with Gasteiger partial charge in [-0.15, -0.1) is 0 Å². The van der Waals surface area contributed by atoms with Crippen molar-refractivity contribution in [2.24, 2.45) is 5.92 Å². The Hall–Kier alpha value is -2.29. The number of hydrogen-bond donors (Lipinski definition) is 2.